The third kappa shape index (κ3) is 2.51. The molecule has 1 saturated heterocycles. The highest BCUT2D eigenvalue weighted by molar-refractivity contribution is 5.97. The van der Waals surface area contributed by atoms with E-state index in [0.29, 0.717) is 12.1 Å². The number of benzene rings is 1. The van der Waals surface area contributed by atoms with Gasteiger partial charge in [0.15, 0.2) is 5.78 Å². The van der Waals surface area contributed by atoms with Crippen LogP contribution in [0.25, 0.3) is 0 Å². The molecule has 5 nitrogen and oxygen atoms in total. The molecule has 1 aromatic carbocycles. The summed E-state index contributed by atoms with van der Waals surface area (Å²) < 4.78 is 0. The fraction of sp³-hybridized carbons (Fsp3) is 0.385. The van der Waals surface area contributed by atoms with Gasteiger partial charge in [0.2, 0.25) is 0 Å². The molecular weight excluding hydrogens is 230 g/mol. The average molecular weight is 247 g/mol. The number of carbonyl (C=O) groups excluding carboxylic acids is 2. The van der Waals surface area contributed by atoms with Crippen molar-refractivity contribution in [2.24, 2.45) is 0 Å². The molecule has 0 aliphatic carbocycles. The van der Waals surface area contributed by atoms with Crippen molar-refractivity contribution >= 4 is 17.5 Å². The molecule has 0 bridgehead atoms. The smallest absolute Gasteiger partial charge is 0.322 e. The minimum atomic E-state index is -0.0918. The van der Waals surface area contributed by atoms with E-state index in [0.717, 1.165) is 12.2 Å². The lowest BCUT2D eigenvalue weighted by Crippen LogP contribution is -2.35. The van der Waals surface area contributed by atoms with Gasteiger partial charge in [-0.25, -0.2) is 4.79 Å². The normalized spacial score (nSPS) is 18.9. The van der Waals surface area contributed by atoms with E-state index in [9.17, 15) is 9.59 Å². The first-order chi connectivity index (χ1) is 8.61. The van der Waals surface area contributed by atoms with E-state index in [-0.39, 0.29) is 17.9 Å². The third-order valence-electron chi connectivity index (χ3n) is 3.01. The number of nitrogens with one attached hydrogen (secondary N) is 2. The molecule has 1 fully saturated rings. The molecule has 1 aromatic rings. The number of amides is 2. The van der Waals surface area contributed by atoms with Gasteiger partial charge in [0.25, 0.3) is 0 Å². The van der Waals surface area contributed by atoms with Crippen molar-refractivity contribution in [1.29, 1.82) is 0 Å². The fourth-order valence-corrected chi connectivity index (χ4v) is 2.06. The van der Waals surface area contributed by atoms with Crippen molar-refractivity contribution in [2.75, 3.05) is 25.0 Å². The zero-order valence-corrected chi connectivity index (χ0v) is 10.6. The van der Waals surface area contributed by atoms with Gasteiger partial charge in [-0.3, -0.25) is 9.69 Å². The maximum atomic E-state index is 11.8. The molecule has 1 atom stereocenters. The number of anilines is 1. The summed E-state index contributed by atoms with van der Waals surface area (Å²) in [6.45, 7) is 2.91. The molecule has 2 amide bonds. The molecule has 5 heteroatoms. The van der Waals surface area contributed by atoms with E-state index in [2.05, 4.69) is 10.6 Å². The Morgan fingerprint density at radius 2 is 2.11 bits per heavy atom. The summed E-state index contributed by atoms with van der Waals surface area (Å²) in [5.74, 6) is 0.0282. The summed E-state index contributed by atoms with van der Waals surface area (Å²) in [6.07, 6.45) is 0. The Morgan fingerprint density at radius 3 is 2.67 bits per heavy atom. The van der Waals surface area contributed by atoms with Crippen LogP contribution in [-0.2, 0) is 0 Å². The Labute approximate surface area is 106 Å². The van der Waals surface area contributed by atoms with Crippen LogP contribution in [-0.4, -0.2) is 38.0 Å². The van der Waals surface area contributed by atoms with Crippen LogP contribution in [0.1, 0.15) is 17.3 Å². The summed E-state index contributed by atoms with van der Waals surface area (Å²) in [7, 11) is 1.86. The largest absolute Gasteiger partial charge is 0.332 e. The first-order valence-electron chi connectivity index (χ1n) is 5.95. The summed E-state index contributed by atoms with van der Waals surface area (Å²) in [5.41, 5.74) is 1.47. The van der Waals surface area contributed by atoms with Gasteiger partial charge in [0.05, 0.1) is 6.04 Å². The van der Waals surface area contributed by atoms with Crippen LogP contribution in [0.3, 0.4) is 0 Å². The van der Waals surface area contributed by atoms with Crippen LogP contribution in [0.4, 0.5) is 10.5 Å². The van der Waals surface area contributed by atoms with Gasteiger partial charge in [0, 0.05) is 24.3 Å². The van der Waals surface area contributed by atoms with Crippen molar-refractivity contribution in [2.45, 2.75) is 13.0 Å². The lowest BCUT2D eigenvalue weighted by molar-refractivity contribution is 0.101. The number of rotatable bonds is 4. The third-order valence-corrected chi connectivity index (χ3v) is 3.01. The Balaban J connectivity index is 2.12. The molecule has 2 N–H and O–H groups in total. The average Bonchev–Trinajstić information content (AvgIpc) is 2.71. The first-order valence-corrected chi connectivity index (χ1v) is 5.95. The van der Waals surface area contributed by atoms with E-state index >= 15 is 0 Å². The van der Waals surface area contributed by atoms with E-state index in [1.165, 1.54) is 6.92 Å². The molecule has 0 aromatic heterocycles. The Bertz CT molecular complexity index is 456. The van der Waals surface area contributed by atoms with E-state index in [1.54, 1.807) is 29.2 Å². The Hall–Kier alpha value is -1.88. The quantitative estimate of drug-likeness (QED) is 0.780. The van der Waals surface area contributed by atoms with Crippen molar-refractivity contribution < 1.29 is 9.59 Å². The highest BCUT2D eigenvalue weighted by atomic mass is 16.2. The highest BCUT2D eigenvalue weighted by Crippen LogP contribution is 2.19. The predicted molar refractivity (Wildman–Crippen MR) is 70.0 cm³/mol. The number of urea groups is 1. The van der Waals surface area contributed by atoms with E-state index in [1.807, 2.05) is 7.05 Å². The summed E-state index contributed by atoms with van der Waals surface area (Å²) in [6, 6.07) is 7.13. The standard InChI is InChI=1S/C13H17N3O2/c1-9(17)10-3-5-12(6-4-10)16-8-11(7-14-2)15-13(16)18/h3-6,11,14H,7-8H2,1-2H3,(H,15,18). The number of carbonyl (C=O) groups is 2. The van der Waals surface area contributed by atoms with Crippen molar-refractivity contribution in [3.05, 3.63) is 29.8 Å². The van der Waals surface area contributed by atoms with Crippen molar-refractivity contribution in [1.82, 2.24) is 10.6 Å². The van der Waals surface area contributed by atoms with Crippen LogP contribution in [0.2, 0.25) is 0 Å². The van der Waals surface area contributed by atoms with Crippen molar-refractivity contribution in [3.63, 3.8) is 0 Å². The minimum Gasteiger partial charge on any atom is -0.332 e. The maximum Gasteiger partial charge on any atom is 0.322 e. The molecule has 1 unspecified atom stereocenters. The number of nitrogens with zero attached hydrogens (tertiary/aromatic N) is 1. The molecular formula is C13H17N3O2. The Morgan fingerprint density at radius 1 is 1.44 bits per heavy atom. The number of ketones is 1. The van der Waals surface area contributed by atoms with Crippen LogP contribution in [0, 0.1) is 0 Å². The van der Waals surface area contributed by atoms with Crippen LogP contribution in [0.15, 0.2) is 24.3 Å². The number of hydrogen-bond donors (Lipinski definition) is 2. The SMILES string of the molecule is CNCC1CN(c2ccc(C(C)=O)cc2)C(=O)N1. The predicted octanol–water partition coefficient (Wildman–Crippen LogP) is 1.01. The molecule has 1 heterocycles. The molecule has 0 spiro atoms. The summed E-state index contributed by atoms with van der Waals surface area (Å²) in [4.78, 5) is 24.7. The van der Waals surface area contributed by atoms with Gasteiger partial charge in [-0.1, -0.05) is 0 Å². The molecule has 0 radical (unpaired) electrons. The lowest BCUT2D eigenvalue weighted by Gasteiger charge is -2.15. The number of hydrogen-bond acceptors (Lipinski definition) is 3. The van der Waals surface area contributed by atoms with Crippen molar-refractivity contribution in [3.8, 4) is 0 Å². The van der Waals surface area contributed by atoms with Gasteiger partial charge >= 0.3 is 6.03 Å². The minimum absolute atomic E-state index is 0.0282. The van der Waals surface area contributed by atoms with Gasteiger partial charge in [-0.05, 0) is 38.2 Å². The van der Waals surface area contributed by atoms with Gasteiger partial charge in [-0.2, -0.15) is 0 Å². The second-order valence-corrected chi connectivity index (χ2v) is 4.42. The second-order valence-electron chi connectivity index (χ2n) is 4.42. The molecule has 0 saturated carbocycles. The number of Topliss-reactive ketones (excluding diaryl/α,β-unsaturated/α-hetero) is 1. The van der Waals surface area contributed by atoms with Gasteiger partial charge in [0.1, 0.15) is 0 Å². The summed E-state index contributed by atoms with van der Waals surface area (Å²) >= 11 is 0. The topological polar surface area (TPSA) is 61.4 Å². The monoisotopic (exact) mass is 247 g/mol. The molecule has 96 valence electrons. The number of likely N-dealkylation sites (N-methyl/N-ethyl adjacent to an activating group) is 1. The van der Waals surface area contributed by atoms with Crippen LogP contribution < -0.4 is 15.5 Å². The highest BCUT2D eigenvalue weighted by Gasteiger charge is 2.29. The maximum absolute atomic E-state index is 11.8. The Kier molecular flexibility index (Phi) is 3.62. The zero-order chi connectivity index (χ0) is 13.1. The summed E-state index contributed by atoms with van der Waals surface area (Å²) in [5, 5.41) is 5.94. The lowest BCUT2D eigenvalue weighted by atomic mass is 10.1. The fourth-order valence-electron chi connectivity index (χ4n) is 2.06. The molecule has 18 heavy (non-hydrogen) atoms. The molecule has 1 aliphatic heterocycles. The van der Waals surface area contributed by atoms with Gasteiger partial charge < -0.3 is 10.6 Å². The van der Waals surface area contributed by atoms with Crippen LogP contribution in [0.5, 0.6) is 0 Å². The zero-order valence-electron chi connectivity index (χ0n) is 10.6. The molecule has 1 aliphatic rings. The van der Waals surface area contributed by atoms with Gasteiger partial charge in [-0.15, -0.1) is 0 Å². The first kappa shape index (κ1) is 12.6. The molecule has 2 rings (SSSR count). The van der Waals surface area contributed by atoms with E-state index in [4.69, 9.17) is 0 Å². The van der Waals surface area contributed by atoms with E-state index < -0.39 is 0 Å². The second kappa shape index (κ2) is 5.18. The van der Waals surface area contributed by atoms with Crippen LogP contribution >= 0.6 is 0 Å².